The molecule has 3 N–H and O–H groups in total. The summed E-state index contributed by atoms with van der Waals surface area (Å²) in [6.45, 7) is 4.27. The average molecular weight is 402 g/mol. The van der Waals surface area contributed by atoms with E-state index in [9.17, 15) is 9.59 Å². The molecule has 0 saturated carbocycles. The van der Waals surface area contributed by atoms with E-state index in [1.54, 1.807) is 30.3 Å². The van der Waals surface area contributed by atoms with Gasteiger partial charge in [-0.3, -0.25) is 9.59 Å². The van der Waals surface area contributed by atoms with E-state index in [1.165, 1.54) is 26.2 Å². The van der Waals surface area contributed by atoms with Crippen LogP contribution < -0.4 is 16.0 Å². The Kier molecular flexibility index (Phi) is 8.82. The largest absolute Gasteiger partial charge is 0.354 e. The Morgan fingerprint density at radius 1 is 0.964 bits per heavy atom. The van der Waals surface area contributed by atoms with Crippen molar-refractivity contribution in [3.05, 3.63) is 53.1 Å². The first-order chi connectivity index (χ1) is 13.5. The molecule has 6 heteroatoms. The molecule has 2 aromatic rings. The number of anilines is 3. The molecule has 0 heterocycles. The second kappa shape index (κ2) is 11.3. The van der Waals surface area contributed by atoms with Gasteiger partial charge < -0.3 is 16.0 Å². The van der Waals surface area contributed by atoms with Crippen molar-refractivity contribution in [2.45, 2.75) is 46.0 Å². The molecule has 2 aromatic carbocycles. The molecule has 0 spiro atoms. The Hall–Kier alpha value is -2.53. The van der Waals surface area contributed by atoms with Gasteiger partial charge in [-0.2, -0.15) is 0 Å². The van der Waals surface area contributed by atoms with Crippen LogP contribution in [-0.4, -0.2) is 18.4 Å². The van der Waals surface area contributed by atoms with Crippen LogP contribution in [0.2, 0.25) is 5.02 Å². The monoisotopic (exact) mass is 401 g/mol. The summed E-state index contributed by atoms with van der Waals surface area (Å²) in [5.41, 5.74) is 2.54. The highest BCUT2D eigenvalue weighted by molar-refractivity contribution is 6.30. The first kappa shape index (κ1) is 21.8. The lowest BCUT2D eigenvalue weighted by Crippen LogP contribution is -2.24. The topological polar surface area (TPSA) is 70.2 Å². The molecule has 28 heavy (non-hydrogen) atoms. The lowest BCUT2D eigenvalue weighted by atomic mass is 10.1. The molecule has 0 radical (unpaired) electrons. The zero-order valence-corrected chi connectivity index (χ0v) is 17.2. The van der Waals surface area contributed by atoms with Crippen LogP contribution in [0.25, 0.3) is 0 Å². The van der Waals surface area contributed by atoms with Crippen molar-refractivity contribution in [1.29, 1.82) is 0 Å². The van der Waals surface area contributed by atoms with E-state index in [0.717, 1.165) is 18.5 Å². The standard InChI is InChI=1S/C22H28ClN3O2/c1-3-4-5-6-7-13-24-22(28)17-11-12-20(21(14-17)25-16(2)27)26-19-10-8-9-18(23)15-19/h8-12,14-15,26H,3-7,13H2,1-2H3,(H,24,28)(H,25,27). The lowest BCUT2D eigenvalue weighted by Gasteiger charge is -2.14. The van der Waals surface area contributed by atoms with E-state index < -0.39 is 0 Å². The second-order valence-corrected chi connectivity index (χ2v) is 7.18. The normalized spacial score (nSPS) is 10.4. The summed E-state index contributed by atoms with van der Waals surface area (Å²) in [4.78, 5) is 24.0. The van der Waals surface area contributed by atoms with Crippen molar-refractivity contribution in [3.63, 3.8) is 0 Å². The predicted octanol–water partition coefficient (Wildman–Crippen LogP) is 5.74. The Bertz CT molecular complexity index is 808. The van der Waals surface area contributed by atoms with Gasteiger partial charge in [0.15, 0.2) is 0 Å². The third kappa shape index (κ3) is 7.24. The number of amides is 2. The number of hydrogen-bond donors (Lipinski definition) is 3. The van der Waals surface area contributed by atoms with Gasteiger partial charge in [0.05, 0.1) is 11.4 Å². The fraction of sp³-hybridized carbons (Fsp3) is 0.364. The van der Waals surface area contributed by atoms with Gasteiger partial charge in [-0.15, -0.1) is 0 Å². The van der Waals surface area contributed by atoms with Crippen LogP contribution >= 0.6 is 11.6 Å². The van der Waals surface area contributed by atoms with Crippen LogP contribution in [0.1, 0.15) is 56.3 Å². The van der Waals surface area contributed by atoms with Crippen LogP contribution in [0.4, 0.5) is 17.1 Å². The van der Waals surface area contributed by atoms with Gasteiger partial charge in [-0.1, -0.05) is 50.3 Å². The van der Waals surface area contributed by atoms with Crippen molar-refractivity contribution in [2.24, 2.45) is 0 Å². The molecule has 5 nitrogen and oxygen atoms in total. The van der Waals surface area contributed by atoms with Crippen molar-refractivity contribution in [1.82, 2.24) is 5.32 Å². The molecule has 2 rings (SSSR count). The van der Waals surface area contributed by atoms with Gasteiger partial charge in [-0.25, -0.2) is 0 Å². The van der Waals surface area contributed by atoms with E-state index in [0.29, 0.717) is 28.5 Å². The zero-order chi connectivity index (χ0) is 20.4. The number of halogens is 1. The molecule has 150 valence electrons. The van der Waals surface area contributed by atoms with Gasteiger partial charge in [0.1, 0.15) is 0 Å². The lowest BCUT2D eigenvalue weighted by molar-refractivity contribution is -0.114. The molecule has 0 fully saturated rings. The summed E-state index contributed by atoms with van der Waals surface area (Å²) < 4.78 is 0. The highest BCUT2D eigenvalue weighted by Gasteiger charge is 2.11. The van der Waals surface area contributed by atoms with Crippen LogP contribution in [0.15, 0.2) is 42.5 Å². The maximum atomic E-state index is 12.4. The maximum Gasteiger partial charge on any atom is 0.251 e. The minimum absolute atomic E-state index is 0.142. The van der Waals surface area contributed by atoms with Crippen molar-refractivity contribution < 1.29 is 9.59 Å². The molecule has 0 aliphatic carbocycles. The number of rotatable bonds is 10. The molecule has 0 aromatic heterocycles. The molecule has 0 unspecified atom stereocenters. The average Bonchev–Trinajstić information content (AvgIpc) is 2.65. The van der Waals surface area contributed by atoms with Gasteiger partial charge in [-0.05, 0) is 42.8 Å². The second-order valence-electron chi connectivity index (χ2n) is 6.75. The van der Waals surface area contributed by atoms with Gasteiger partial charge in [0.25, 0.3) is 5.91 Å². The van der Waals surface area contributed by atoms with Gasteiger partial charge >= 0.3 is 0 Å². The Morgan fingerprint density at radius 3 is 2.46 bits per heavy atom. The predicted molar refractivity (Wildman–Crippen MR) is 117 cm³/mol. The smallest absolute Gasteiger partial charge is 0.251 e. The fourth-order valence-electron chi connectivity index (χ4n) is 2.84. The third-order valence-corrected chi connectivity index (χ3v) is 4.50. The number of nitrogens with one attached hydrogen (secondary N) is 3. The van der Waals surface area contributed by atoms with E-state index in [1.807, 2.05) is 12.1 Å². The van der Waals surface area contributed by atoms with Crippen LogP contribution in [0.5, 0.6) is 0 Å². The quantitative estimate of drug-likeness (QED) is 0.444. The molecule has 0 aliphatic heterocycles. The fourth-order valence-corrected chi connectivity index (χ4v) is 3.03. The SMILES string of the molecule is CCCCCCCNC(=O)c1ccc(Nc2cccc(Cl)c2)c(NC(C)=O)c1. The molecule has 0 bridgehead atoms. The molecular weight excluding hydrogens is 374 g/mol. The number of carbonyl (C=O) groups excluding carboxylic acids is 2. The zero-order valence-electron chi connectivity index (χ0n) is 16.5. The highest BCUT2D eigenvalue weighted by Crippen LogP contribution is 2.28. The van der Waals surface area contributed by atoms with E-state index >= 15 is 0 Å². The van der Waals surface area contributed by atoms with E-state index in [-0.39, 0.29) is 11.8 Å². The summed E-state index contributed by atoms with van der Waals surface area (Å²) in [6.07, 6.45) is 5.72. The summed E-state index contributed by atoms with van der Waals surface area (Å²) >= 11 is 6.03. The number of benzene rings is 2. The number of hydrogen-bond acceptors (Lipinski definition) is 3. The maximum absolute atomic E-state index is 12.4. The van der Waals surface area contributed by atoms with Crippen molar-refractivity contribution >= 4 is 40.5 Å². The van der Waals surface area contributed by atoms with Gasteiger partial charge in [0.2, 0.25) is 5.91 Å². The number of carbonyl (C=O) groups is 2. The summed E-state index contributed by atoms with van der Waals surface area (Å²) in [5.74, 6) is -0.348. The summed E-state index contributed by atoms with van der Waals surface area (Å²) in [7, 11) is 0. The first-order valence-electron chi connectivity index (χ1n) is 9.72. The van der Waals surface area contributed by atoms with Crippen LogP contribution in [-0.2, 0) is 4.79 Å². The van der Waals surface area contributed by atoms with Gasteiger partial charge in [0, 0.05) is 29.7 Å². The molecule has 0 saturated heterocycles. The molecule has 2 amide bonds. The van der Waals surface area contributed by atoms with E-state index in [4.69, 9.17) is 11.6 Å². The minimum Gasteiger partial charge on any atom is -0.354 e. The Morgan fingerprint density at radius 2 is 1.75 bits per heavy atom. The van der Waals surface area contributed by atoms with Crippen molar-refractivity contribution in [2.75, 3.05) is 17.2 Å². The van der Waals surface area contributed by atoms with Crippen LogP contribution in [0, 0.1) is 0 Å². The summed E-state index contributed by atoms with van der Waals surface area (Å²) in [5, 5.41) is 9.56. The third-order valence-electron chi connectivity index (χ3n) is 4.26. The van der Waals surface area contributed by atoms with Crippen LogP contribution in [0.3, 0.4) is 0 Å². The summed E-state index contributed by atoms with van der Waals surface area (Å²) in [6, 6.07) is 12.5. The number of unbranched alkanes of at least 4 members (excludes halogenated alkanes) is 4. The Labute approximate surface area is 171 Å². The highest BCUT2D eigenvalue weighted by atomic mass is 35.5. The minimum atomic E-state index is -0.206. The molecule has 0 aliphatic rings. The van der Waals surface area contributed by atoms with E-state index in [2.05, 4.69) is 22.9 Å². The Balaban J connectivity index is 2.06. The first-order valence-corrected chi connectivity index (χ1v) is 10.1. The molecule has 0 atom stereocenters. The molecular formula is C22H28ClN3O2. The van der Waals surface area contributed by atoms with Crippen molar-refractivity contribution in [3.8, 4) is 0 Å².